The molecule has 1 unspecified atom stereocenters. The molecule has 2 aromatic carbocycles. The van der Waals surface area contributed by atoms with Crippen LogP contribution in [0.15, 0.2) is 18.2 Å². The van der Waals surface area contributed by atoms with Crippen molar-refractivity contribution in [3.05, 3.63) is 51.6 Å². The molecule has 32 heavy (non-hydrogen) atoms. The average molecular weight is 456 g/mol. The van der Waals surface area contributed by atoms with E-state index in [9.17, 15) is 24.6 Å². The topological polar surface area (TPSA) is 121 Å². The second kappa shape index (κ2) is 10.9. The number of carbonyl (C=O) groups is 3. The molecule has 3 N–H and O–H groups in total. The number of terminal acetylenes is 1. The van der Waals surface area contributed by atoms with Crippen LogP contribution in [0, 0.1) is 12.8 Å². The van der Waals surface area contributed by atoms with Gasteiger partial charge in [0.2, 0.25) is 5.78 Å². The number of ketones is 3. The molecule has 1 atom stereocenters. The molecule has 0 spiro atoms. The minimum atomic E-state index is -0.631. The smallest absolute Gasteiger partial charge is 0.202 e. The number of ether oxygens (including phenoxy) is 1. The SMILES string of the molecule is C#C.COc1cccc2c1C(=O)c1c(O)c(CCPC)c(CCC(=O)CO)c(O)c1C2=O. The van der Waals surface area contributed by atoms with Crippen molar-refractivity contribution >= 4 is 25.9 Å². The number of benzene rings is 2. The van der Waals surface area contributed by atoms with Crippen molar-refractivity contribution in [2.24, 2.45) is 0 Å². The van der Waals surface area contributed by atoms with Gasteiger partial charge < -0.3 is 20.1 Å². The Balaban J connectivity index is 0.00000176. The van der Waals surface area contributed by atoms with Gasteiger partial charge in [0, 0.05) is 23.1 Å². The minimum Gasteiger partial charge on any atom is -0.507 e. The van der Waals surface area contributed by atoms with Gasteiger partial charge in [0.05, 0.1) is 23.8 Å². The van der Waals surface area contributed by atoms with Crippen LogP contribution >= 0.6 is 8.58 Å². The van der Waals surface area contributed by atoms with Crippen molar-refractivity contribution in [1.29, 1.82) is 0 Å². The second-order valence-electron chi connectivity index (χ2n) is 7.00. The first-order valence-electron chi connectivity index (χ1n) is 9.83. The maximum absolute atomic E-state index is 13.3. The summed E-state index contributed by atoms with van der Waals surface area (Å²) in [5, 5.41) is 31.0. The van der Waals surface area contributed by atoms with Crippen LogP contribution in [0.1, 0.15) is 49.4 Å². The zero-order chi connectivity index (χ0) is 24.0. The maximum Gasteiger partial charge on any atom is 0.202 e. The van der Waals surface area contributed by atoms with E-state index in [0.717, 1.165) is 0 Å². The van der Waals surface area contributed by atoms with Gasteiger partial charge in [-0.25, -0.2) is 0 Å². The monoisotopic (exact) mass is 456 g/mol. The van der Waals surface area contributed by atoms with Crippen molar-refractivity contribution in [3.8, 4) is 30.1 Å². The molecule has 0 saturated carbocycles. The third-order valence-corrected chi connectivity index (χ3v) is 6.04. The highest BCUT2D eigenvalue weighted by Gasteiger charge is 2.39. The maximum atomic E-state index is 13.3. The van der Waals surface area contributed by atoms with Crippen LogP contribution in [0.2, 0.25) is 0 Å². The van der Waals surface area contributed by atoms with Crippen LogP contribution in [0.3, 0.4) is 0 Å². The molecule has 0 aromatic heterocycles. The van der Waals surface area contributed by atoms with Crippen molar-refractivity contribution in [2.75, 3.05) is 26.5 Å². The normalized spacial score (nSPS) is 12.2. The number of aliphatic hydroxyl groups excluding tert-OH is 1. The Kier molecular flexibility index (Phi) is 8.54. The van der Waals surface area contributed by atoms with Gasteiger partial charge in [0.15, 0.2) is 11.6 Å². The molecular formula is C24H25O7P. The van der Waals surface area contributed by atoms with Crippen LogP contribution in [-0.2, 0) is 17.6 Å². The molecule has 3 rings (SSSR count). The number of hydrogen-bond acceptors (Lipinski definition) is 7. The Labute approximate surface area is 188 Å². The number of phenolic OH excluding ortho intramolecular Hbond substituents is 2. The van der Waals surface area contributed by atoms with E-state index in [-0.39, 0.29) is 52.2 Å². The van der Waals surface area contributed by atoms with Gasteiger partial charge in [0.1, 0.15) is 23.9 Å². The summed E-state index contributed by atoms with van der Waals surface area (Å²) in [5.41, 5.74) is 0.263. The van der Waals surface area contributed by atoms with Crippen LogP contribution in [0.25, 0.3) is 0 Å². The van der Waals surface area contributed by atoms with E-state index >= 15 is 0 Å². The summed E-state index contributed by atoms with van der Waals surface area (Å²) in [6, 6.07) is 4.60. The van der Waals surface area contributed by atoms with Crippen molar-refractivity contribution in [2.45, 2.75) is 19.3 Å². The molecule has 0 radical (unpaired) electrons. The Hall–Kier alpha value is -3.20. The van der Waals surface area contributed by atoms with E-state index in [2.05, 4.69) is 12.8 Å². The predicted octanol–water partition coefficient (Wildman–Crippen LogP) is 2.48. The molecule has 0 fully saturated rings. The summed E-state index contributed by atoms with van der Waals surface area (Å²) in [5.74, 6) is -2.14. The van der Waals surface area contributed by atoms with E-state index in [1.54, 1.807) is 12.1 Å². The first-order valence-corrected chi connectivity index (χ1v) is 11.5. The Morgan fingerprint density at radius 3 is 2.16 bits per heavy atom. The highest BCUT2D eigenvalue weighted by molar-refractivity contribution is 7.36. The molecule has 1 aliphatic carbocycles. The Morgan fingerprint density at radius 2 is 1.59 bits per heavy atom. The fourth-order valence-corrected chi connectivity index (χ4v) is 4.28. The van der Waals surface area contributed by atoms with Crippen molar-refractivity contribution < 1.29 is 34.4 Å². The van der Waals surface area contributed by atoms with Gasteiger partial charge in [-0.3, -0.25) is 14.4 Å². The van der Waals surface area contributed by atoms with E-state index < -0.39 is 29.7 Å². The zero-order valence-electron chi connectivity index (χ0n) is 17.9. The molecule has 1 aliphatic rings. The fourth-order valence-electron chi connectivity index (χ4n) is 3.78. The molecular weight excluding hydrogens is 431 g/mol. The number of rotatable bonds is 8. The number of methoxy groups -OCH3 is 1. The lowest BCUT2D eigenvalue weighted by Gasteiger charge is -2.25. The molecule has 2 aromatic rings. The molecule has 0 bridgehead atoms. The standard InChI is InChI=1S/C22H23O7P.C2H2/c1-29-15-5-3-4-14-16(15)22(28)18-17(21(14)27)19(25)12(7-6-11(24)10-23)13(20(18)26)8-9-30-2;1-2/h3-5,23,25-26,30H,6-10H2,1-2H3;1-2H. The van der Waals surface area contributed by atoms with Crippen LogP contribution in [0.5, 0.6) is 17.2 Å². The largest absolute Gasteiger partial charge is 0.507 e. The number of aliphatic hydroxyl groups is 1. The Morgan fingerprint density at radius 1 is 1.00 bits per heavy atom. The summed E-state index contributed by atoms with van der Waals surface area (Å²) in [4.78, 5) is 38.1. The highest BCUT2D eigenvalue weighted by Crippen LogP contribution is 2.45. The quantitative estimate of drug-likeness (QED) is 0.271. The molecule has 0 aliphatic heterocycles. The molecule has 0 heterocycles. The number of Topliss-reactive ketones (excluding diaryl/α,β-unsaturated/α-hetero) is 1. The third kappa shape index (κ3) is 4.38. The highest BCUT2D eigenvalue weighted by atomic mass is 31.1. The van der Waals surface area contributed by atoms with Gasteiger partial charge in [-0.1, -0.05) is 12.1 Å². The van der Waals surface area contributed by atoms with Crippen LogP contribution in [0.4, 0.5) is 0 Å². The zero-order valence-corrected chi connectivity index (χ0v) is 18.9. The first kappa shape index (κ1) is 25.1. The lowest BCUT2D eigenvalue weighted by molar-refractivity contribution is -0.121. The fraction of sp³-hybridized carbons (Fsp3) is 0.292. The van der Waals surface area contributed by atoms with E-state index in [4.69, 9.17) is 9.84 Å². The van der Waals surface area contributed by atoms with Gasteiger partial charge >= 0.3 is 0 Å². The minimum absolute atomic E-state index is 0.0423. The van der Waals surface area contributed by atoms with Gasteiger partial charge in [-0.05, 0) is 31.7 Å². The number of carbonyl (C=O) groups excluding carboxylic acids is 3. The number of hydrogen-bond donors (Lipinski definition) is 3. The van der Waals surface area contributed by atoms with E-state index in [1.165, 1.54) is 13.2 Å². The van der Waals surface area contributed by atoms with Crippen molar-refractivity contribution in [1.82, 2.24) is 0 Å². The number of fused-ring (bicyclic) bond motifs is 2. The van der Waals surface area contributed by atoms with Gasteiger partial charge in [-0.15, -0.1) is 21.4 Å². The number of aromatic hydroxyl groups is 2. The molecule has 0 amide bonds. The van der Waals surface area contributed by atoms with E-state index in [0.29, 0.717) is 26.7 Å². The summed E-state index contributed by atoms with van der Waals surface area (Å²) < 4.78 is 5.24. The molecule has 168 valence electrons. The summed E-state index contributed by atoms with van der Waals surface area (Å²) in [6.07, 6.45) is 9.07. The van der Waals surface area contributed by atoms with Gasteiger partial charge in [0.25, 0.3) is 0 Å². The summed E-state index contributed by atoms with van der Waals surface area (Å²) in [6.45, 7) is 1.36. The third-order valence-electron chi connectivity index (χ3n) is 5.29. The average Bonchev–Trinajstić information content (AvgIpc) is 2.82. The molecule has 8 heteroatoms. The van der Waals surface area contributed by atoms with Crippen LogP contribution in [-0.4, -0.2) is 59.2 Å². The van der Waals surface area contributed by atoms with Crippen molar-refractivity contribution in [3.63, 3.8) is 0 Å². The van der Waals surface area contributed by atoms with Crippen LogP contribution < -0.4 is 4.74 Å². The molecule has 7 nitrogen and oxygen atoms in total. The van der Waals surface area contributed by atoms with Gasteiger partial charge in [-0.2, -0.15) is 0 Å². The number of phenols is 2. The predicted molar refractivity (Wildman–Crippen MR) is 123 cm³/mol. The lowest BCUT2D eigenvalue weighted by Crippen LogP contribution is -2.23. The van der Waals surface area contributed by atoms with E-state index in [1.807, 2.05) is 6.66 Å². The Bertz CT molecular complexity index is 1090. The summed E-state index contributed by atoms with van der Waals surface area (Å²) >= 11 is 0. The summed E-state index contributed by atoms with van der Waals surface area (Å²) in [7, 11) is 1.95. The first-order chi connectivity index (χ1) is 15.4. The second-order valence-corrected chi connectivity index (χ2v) is 8.20. The molecule has 0 saturated heterocycles. The lowest BCUT2D eigenvalue weighted by atomic mass is 9.79.